The summed E-state index contributed by atoms with van der Waals surface area (Å²) in [7, 11) is 0. The molecule has 5 nitrogen and oxygen atoms in total. The molecule has 2 aromatic rings. The van der Waals surface area contributed by atoms with Crippen LogP contribution < -0.4 is 10.1 Å². The predicted molar refractivity (Wildman–Crippen MR) is 121 cm³/mol. The predicted octanol–water partition coefficient (Wildman–Crippen LogP) is 4.67. The number of amides is 2. The number of benzene rings is 2. The quantitative estimate of drug-likeness (QED) is 0.649. The Morgan fingerprint density at radius 1 is 1.23 bits per heavy atom. The van der Waals surface area contributed by atoms with Gasteiger partial charge in [0.2, 0.25) is 0 Å². The number of hydrogen-bond donors (Lipinski definition) is 1. The summed E-state index contributed by atoms with van der Waals surface area (Å²) in [6, 6.07) is -8.48. The highest BCUT2D eigenvalue weighted by Gasteiger charge is 2.27. The zero-order valence-electron chi connectivity index (χ0n) is 30.5. The fourth-order valence-corrected chi connectivity index (χ4v) is 2.89. The number of halogens is 1. The summed E-state index contributed by atoms with van der Waals surface area (Å²) in [4.78, 5) is 15.5. The zero-order chi connectivity index (χ0) is 33.5. The summed E-state index contributed by atoms with van der Waals surface area (Å²) in [5.74, 6) is -1.72. The molecule has 168 valence electrons. The van der Waals surface area contributed by atoms with Gasteiger partial charge in [-0.1, -0.05) is 38.0 Å². The molecule has 1 fully saturated rings. The molecule has 3 rings (SSSR count). The summed E-state index contributed by atoms with van der Waals surface area (Å²) >= 11 is 0. The number of carbonyl (C=O) groups is 1. The van der Waals surface area contributed by atoms with E-state index in [0.29, 0.717) is 4.90 Å². The maximum atomic E-state index is 14.3. The third kappa shape index (κ3) is 7.24. The van der Waals surface area contributed by atoms with Crippen molar-refractivity contribution in [2.75, 3.05) is 26.7 Å². The van der Waals surface area contributed by atoms with Gasteiger partial charge in [-0.25, -0.2) is 9.18 Å². The van der Waals surface area contributed by atoms with E-state index in [1.165, 1.54) is 0 Å². The molecule has 31 heavy (non-hydrogen) atoms. The molecule has 0 spiro atoms. The van der Waals surface area contributed by atoms with E-state index in [1.54, 1.807) is 0 Å². The number of ether oxygens (including phenoxy) is 1. The Hall–Kier alpha value is -2.60. The fraction of sp³-hybridized carbons (Fsp3) is 0.480. The molecule has 0 radical (unpaired) electrons. The Balaban J connectivity index is 2.03. The van der Waals surface area contributed by atoms with Crippen molar-refractivity contribution >= 4 is 6.03 Å². The highest BCUT2D eigenvalue weighted by molar-refractivity contribution is 5.74. The number of urea groups is 1. The van der Waals surface area contributed by atoms with Crippen molar-refractivity contribution in [2.45, 2.75) is 45.8 Å². The Morgan fingerprint density at radius 3 is 2.48 bits per heavy atom. The van der Waals surface area contributed by atoms with Gasteiger partial charge >= 0.3 is 6.03 Å². The molecule has 2 aromatic carbocycles. The van der Waals surface area contributed by atoms with Crippen LogP contribution in [0.15, 0.2) is 48.3 Å². The first-order valence-electron chi connectivity index (χ1n) is 16.5. The van der Waals surface area contributed by atoms with Gasteiger partial charge < -0.3 is 19.9 Å². The molecule has 0 unspecified atom stereocenters. The van der Waals surface area contributed by atoms with Crippen molar-refractivity contribution in [1.82, 2.24) is 15.1 Å². The number of likely N-dealkylation sites (tertiary alicyclic amines) is 1. The van der Waals surface area contributed by atoms with Gasteiger partial charge in [0, 0.05) is 23.2 Å². The van der Waals surface area contributed by atoms with E-state index in [2.05, 4.69) is 5.32 Å². The van der Waals surface area contributed by atoms with Crippen LogP contribution in [0.2, 0.25) is 0 Å². The molecule has 1 aliphatic rings. The van der Waals surface area contributed by atoms with Gasteiger partial charge in [0.1, 0.15) is 11.6 Å². The van der Waals surface area contributed by atoms with E-state index < -0.39 is 91.8 Å². The number of carbonyl (C=O) groups excluding carboxylic acids is 1. The Morgan fingerprint density at radius 2 is 1.87 bits per heavy atom. The van der Waals surface area contributed by atoms with Crippen molar-refractivity contribution in [3.05, 3.63) is 65.3 Å². The molecule has 1 saturated heterocycles. The van der Waals surface area contributed by atoms with Crippen LogP contribution in [0.5, 0.6) is 5.75 Å². The van der Waals surface area contributed by atoms with Gasteiger partial charge in [-0.2, -0.15) is 0 Å². The molecule has 1 aliphatic heterocycles. The lowest BCUT2D eigenvalue weighted by molar-refractivity contribution is 0.127. The first-order valence-corrected chi connectivity index (χ1v) is 10.0. The fourth-order valence-electron chi connectivity index (χ4n) is 2.89. The van der Waals surface area contributed by atoms with Crippen LogP contribution in [0.3, 0.4) is 0 Å². The maximum Gasteiger partial charge on any atom is 0.318 e. The average molecular weight is 441 g/mol. The summed E-state index contributed by atoms with van der Waals surface area (Å²) in [5, 5.41) is 2.38. The van der Waals surface area contributed by atoms with Gasteiger partial charge in [-0.3, -0.25) is 0 Å². The first kappa shape index (κ1) is 11.3. The third-order valence-electron chi connectivity index (χ3n) is 4.51. The molecule has 0 atom stereocenters. The van der Waals surface area contributed by atoms with Crippen LogP contribution in [0.4, 0.5) is 9.18 Å². The van der Waals surface area contributed by atoms with Crippen LogP contribution in [0.1, 0.15) is 55.6 Å². The zero-order valence-corrected chi connectivity index (χ0v) is 17.5. The lowest BCUT2D eigenvalue weighted by atomic mass is 10.0. The van der Waals surface area contributed by atoms with Crippen LogP contribution in [-0.4, -0.2) is 48.5 Å². The lowest BCUT2D eigenvalue weighted by Crippen LogP contribution is -2.49. The molecule has 0 bridgehead atoms. The monoisotopic (exact) mass is 440 g/mol. The summed E-state index contributed by atoms with van der Waals surface area (Å²) in [5.41, 5.74) is -1.13. The van der Waals surface area contributed by atoms with Crippen LogP contribution >= 0.6 is 0 Å². The SMILES string of the molecule is [2H]c1c([2H])c(C([2H])([2H])N(C(=O)NCc2c([2H])c([2H])c(OCC(C)C)c([2H])c2[2H])C2CCN(C([2H])([2H])[2H])CC2)c([2H])c([2H])c1F. The standard InChI is InChI=1S/C25H34FN3O2/c1-19(2)18-31-24-10-6-20(7-11-24)16-27-25(30)29(23-12-14-28(3)15-13-23)17-21-4-8-22(26)9-5-21/h4-11,19,23H,12-18H2,1-3H3,(H,27,30)/i3D3,4D,5D,6D,7D,8D,9D,10D,11D,17D2. The van der Waals surface area contributed by atoms with E-state index in [-0.39, 0.29) is 49.8 Å². The molecule has 1 heterocycles. The highest BCUT2D eigenvalue weighted by atomic mass is 19.1. The summed E-state index contributed by atoms with van der Waals surface area (Å²) in [6.45, 7) is -2.45. The van der Waals surface area contributed by atoms with Crippen molar-refractivity contribution in [3.63, 3.8) is 0 Å². The third-order valence-corrected chi connectivity index (χ3v) is 4.51. The Kier molecular flexibility index (Phi) is 4.07. The first-order chi connectivity index (χ1) is 20.2. The smallest absolute Gasteiger partial charge is 0.318 e. The van der Waals surface area contributed by atoms with Gasteiger partial charge in [0.05, 0.1) is 20.3 Å². The van der Waals surface area contributed by atoms with Gasteiger partial charge in [0.15, 0.2) is 0 Å². The minimum atomic E-state index is -3.08. The lowest BCUT2D eigenvalue weighted by Gasteiger charge is -2.37. The van der Waals surface area contributed by atoms with Gasteiger partial charge in [-0.15, -0.1) is 0 Å². The Bertz CT molecular complexity index is 1360. The number of hydrogen-bond acceptors (Lipinski definition) is 3. The molecular weight excluding hydrogens is 393 g/mol. The van der Waals surface area contributed by atoms with Crippen LogP contribution in [0.25, 0.3) is 0 Å². The normalized spacial score (nSPS) is 22.0. The van der Waals surface area contributed by atoms with Crippen molar-refractivity contribution in [2.24, 2.45) is 5.92 Å². The summed E-state index contributed by atoms with van der Waals surface area (Å²) < 4.78 is 126. The van der Waals surface area contributed by atoms with E-state index >= 15 is 0 Å². The minimum absolute atomic E-state index is 0.0376. The highest BCUT2D eigenvalue weighted by Crippen LogP contribution is 2.19. The number of nitrogens with zero attached hydrogens (tertiary/aromatic N) is 2. The van der Waals surface area contributed by atoms with Crippen molar-refractivity contribution < 1.29 is 31.7 Å². The second-order valence-corrected chi connectivity index (χ2v) is 7.56. The number of piperidine rings is 1. The average Bonchev–Trinajstić information content (AvgIpc) is 2.93. The van der Waals surface area contributed by atoms with Crippen molar-refractivity contribution in [3.8, 4) is 5.75 Å². The van der Waals surface area contributed by atoms with Crippen LogP contribution in [-0.2, 0) is 13.0 Å². The second-order valence-electron chi connectivity index (χ2n) is 7.56. The Labute approximate surface area is 203 Å². The number of nitrogens with one attached hydrogen (secondary N) is 1. The molecule has 6 heteroatoms. The topological polar surface area (TPSA) is 44.8 Å². The van der Waals surface area contributed by atoms with Gasteiger partial charge in [0.25, 0.3) is 0 Å². The van der Waals surface area contributed by atoms with Crippen LogP contribution in [0, 0.1) is 11.7 Å². The van der Waals surface area contributed by atoms with Gasteiger partial charge in [-0.05, 0) is 74.1 Å². The van der Waals surface area contributed by atoms with E-state index in [4.69, 9.17) is 22.6 Å². The summed E-state index contributed by atoms with van der Waals surface area (Å²) in [6.07, 6.45) is -0.116. The van der Waals surface area contributed by atoms with Crippen molar-refractivity contribution in [1.29, 1.82) is 0 Å². The maximum absolute atomic E-state index is 14.3. The second kappa shape index (κ2) is 11.1. The molecular formula is C25H34FN3O2. The largest absolute Gasteiger partial charge is 0.493 e. The minimum Gasteiger partial charge on any atom is -0.493 e. The van der Waals surface area contributed by atoms with E-state index in [1.807, 2.05) is 13.8 Å². The van der Waals surface area contributed by atoms with E-state index in [9.17, 15) is 9.18 Å². The molecule has 2 amide bonds. The molecule has 0 saturated carbocycles. The molecule has 0 aromatic heterocycles. The van der Waals surface area contributed by atoms with E-state index in [0.717, 1.165) is 4.90 Å². The molecule has 1 N–H and O–H groups in total. The number of rotatable bonds is 8. The molecule has 0 aliphatic carbocycles.